The minimum atomic E-state index is -2.81. The second kappa shape index (κ2) is 7.06. The molecule has 0 aliphatic heterocycles. The maximum Gasteiger partial charge on any atom is 0.387 e. The zero-order chi connectivity index (χ0) is 12.7. The summed E-state index contributed by atoms with van der Waals surface area (Å²) in [6, 6.07) is 6.77. The van der Waals surface area contributed by atoms with Crippen molar-refractivity contribution in [3.8, 4) is 5.75 Å². The summed E-state index contributed by atoms with van der Waals surface area (Å²) in [5.74, 6) is 0.159. The molecule has 0 bridgehead atoms. The van der Waals surface area contributed by atoms with Crippen molar-refractivity contribution < 1.29 is 18.3 Å². The van der Waals surface area contributed by atoms with Crippen molar-refractivity contribution in [3.63, 3.8) is 0 Å². The predicted molar refractivity (Wildman–Crippen MR) is 62.7 cm³/mol. The molecule has 0 aliphatic carbocycles. The molecular weight excluding hydrogens is 228 g/mol. The molecule has 96 valence electrons. The summed E-state index contributed by atoms with van der Waals surface area (Å²) in [4.78, 5) is 0. The first-order valence-corrected chi connectivity index (χ1v) is 5.42. The van der Waals surface area contributed by atoms with Crippen molar-refractivity contribution in [2.24, 2.45) is 0 Å². The lowest BCUT2D eigenvalue weighted by molar-refractivity contribution is -0.0493. The van der Waals surface area contributed by atoms with Gasteiger partial charge < -0.3 is 14.8 Å². The van der Waals surface area contributed by atoms with Crippen LogP contribution in [0.3, 0.4) is 0 Å². The van der Waals surface area contributed by atoms with Crippen LogP contribution in [-0.2, 0) is 4.74 Å². The molecule has 1 aromatic rings. The van der Waals surface area contributed by atoms with E-state index in [9.17, 15) is 8.78 Å². The van der Waals surface area contributed by atoms with Crippen molar-refractivity contribution in [3.05, 3.63) is 24.3 Å². The highest BCUT2D eigenvalue weighted by Crippen LogP contribution is 2.26. The van der Waals surface area contributed by atoms with E-state index in [0.29, 0.717) is 12.3 Å². The average molecular weight is 245 g/mol. The van der Waals surface area contributed by atoms with Crippen molar-refractivity contribution in [2.45, 2.75) is 26.0 Å². The minimum Gasteiger partial charge on any atom is -0.433 e. The van der Waals surface area contributed by atoms with Crippen LogP contribution in [0.15, 0.2) is 24.3 Å². The van der Waals surface area contributed by atoms with Crippen LogP contribution in [0.1, 0.15) is 13.3 Å². The summed E-state index contributed by atoms with van der Waals surface area (Å²) in [7, 11) is 1.63. The van der Waals surface area contributed by atoms with Crippen LogP contribution in [0.4, 0.5) is 14.5 Å². The highest BCUT2D eigenvalue weighted by Gasteiger charge is 2.10. The monoisotopic (exact) mass is 245 g/mol. The van der Waals surface area contributed by atoms with Crippen molar-refractivity contribution >= 4 is 5.69 Å². The number of para-hydroxylation sites is 2. The minimum absolute atomic E-state index is 0.123. The highest BCUT2D eigenvalue weighted by atomic mass is 19.3. The number of rotatable bonds is 7. The summed E-state index contributed by atoms with van der Waals surface area (Å²) in [5.41, 5.74) is 0.566. The molecule has 0 heterocycles. The number of ether oxygens (including phenoxy) is 2. The van der Waals surface area contributed by atoms with Gasteiger partial charge in [0.2, 0.25) is 0 Å². The first-order chi connectivity index (χ1) is 8.13. The number of anilines is 1. The Morgan fingerprint density at radius 1 is 1.29 bits per heavy atom. The van der Waals surface area contributed by atoms with Gasteiger partial charge in [-0.2, -0.15) is 8.78 Å². The molecule has 0 saturated carbocycles. The molecule has 3 nitrogen and oxygen atoms in total. The standard InChI is InChI=1S/C12H17F2NO2/c1-9(7-8-16-2)15-10-5-3-4-6-11(10)17-12(13)14/h3-6,9,12,15H,7-8H2,1-2H3. The predicted octanol–water partition coefficient (Wildman–Crippen LogP) is 3.12. The molecule has 0 saturated heterocycles. The van der Waals surface area contributed by atoms with Gasteiger partial charge in [0, 0.05) is 19.8 Å². The molecule has 0 spiro atoms. The Morgan fingerprint density at radius 2 is 2.00 bits per heavy atom. The number of halogens is 2. The lowest BCUT2D eigenvalue weighted by atomic mass is 10.2. The van der Waals surface area contributed by atoms with Crippen LogP contribution in [-0.4, -0.2) is 26.4 Å². The first kappa shape index (κ1) is 13.7. The third-order valence-corrected chi connectivity index (χ3v) is 2.26. The van der Waals surface area contributed by atoms with Crippen LogP contribution in [0.25, 0.3) is 0 Å². The lowest BCUT2D eigenvalue weighted by Gasteiger charge is -2.17. The van der Waals surface area contributed by atoms with Crippen molar-refractivity contribution in [1.82, 2.24) is 0 Å². The molecular formula is C12H17F2NO2. The summed E-state index contributed by atoms with van der Waals surface area (Å²) < 4.78 is 33.7. The van der Waals surface area contributed by atoms with E-state index in [1.807, 2.05) is 6.92 Å². The number of nitrogens with one attached hydrogen (secondary N) is 1. The quantitative estimate of drug-likeness (QED) is 0.800. The molecule has 1 unspecified atom stereocenters. The largest absolute Gasteiger partial charge is 0.433 e. The smallest absolute Gasteiger partial charge is 0.387 e. The molecule has 1 aromatic carbocycles. The van der Waals surface area contributed by atoms with Gasteiger partial charge in [-0.3, -0.25) is 0 Å². The normalized spacial score (nSPS) is 12.5. The molecule has 0 amide bonds. The van der Waals surface area contributed by atoms with E-state index in [0.717, 1.165) is 6.42 Å². The Balaban J connectivity index is 2.62. The number of hydrogen-bond acceptors (Lipinski definition) is 3. The fraction of sp³-hybridized carbons (Fsp3) is 0.500. The Kier molecular flexibility index (Phi) is 5.69. The molecule has 0 aromatic heterocycles. The number of benzene rings is 1. The van der Waals surface area contributed by atoms with E-state index in [2.05, 4.69) is 10.1 Å². The van der Waals surface area contributed by atoms with Gasteiger partial charge in [-0.15, -0.1) is 0 Å². The van der Waals surface area contributed by atoms with E-state index in [1.165, 1.54) is 6.07 Å². The molecule has 1 atom stereocenters. The highest BCUT2D eigenvalue weighted by molar-refractivity contribution is 5.56. The fourth-order valence-electron chi connectivity index (χ4n) is 1.42. The maximum atomic E-state index is 12.2. The Labute approximate surface area is 99.7 Å². The summed E-state index contributed by atoms with van der Waals surface area (Å²) in [6.07, 6.45) is 0.791. The summed E-state index contributed by atoms with van der Waals surface area (Å²) in [5, 5.41) is 3.11. The molecule has 1 N–H and O–H groups in total. The summed E-state index contributed by atoms with van der Waals surface area (Å²) in [6.45, 7) is -0.239. The van der Waals surface area contributed by atoms with Crippen LogP contribution in [0.2, 0.25) is 0 Å². The van der Waals surface area contributed by atoms with Crippen LogP contribution >= 0.6 is 0 Å². The van der Waals surface area contributed by atoms with Gasteiger partial charge in [-0.1, -0.05) is 12.1 Å². The molecule has 17 heavy (non-hydrogen) atoms. The van der Waals surface area contributed by atoms with Gasteiger partial charge in [-0.05, 0) is 25.5 Å². The number of alkyl halides is 2. The van der Waals surface area contributed by atoms with Crippen molar-refractivity contribution in [2.75, 3.05) is 19.0 Å². The molecule has 1 rings (SSSR count). The van der Waals surface area contributed by atoms with Gasteiger partial charge in [-0.25, -0.2) is 0 Å². The third kappa shape index (κ3) is 4.99. The van der Waals surface area contributed by atoms with Gasteiger partial charge in [0.25, 0.3) is 0 Å². The Hall–Kier alpha value is -1.36. The SMILES string of the molecule is COCCC(C)Nc1ccccc1OC(F)F. The molecule has 0 fully saturated rings. The molecule has 0 aliphatic rings. The van der Waals surface area contributed by atoms with Crippen LogP contribution in [0.5, 0.6) is 5.75 Å². The van der Waals surface area contributed by atoms with Gasteiger partial charge in [0.1, 0.15) is 5.75 Å². The van der Waals surface area contributed by atoms with E-state index >= 15 is 0 Å². The van der Waals surface area contributed by atoms with Crippen LogP contribution in [0, 0.1) is 0 Å². The zero-order valence-electron chi connectivity index (χ0n) is 9.95. The topological polar surface area (TPSA) is 30.5 Å². The molecule has 0 radical (unpaired) electrons. The third-order valence-electron chi connectivity index (χ3n) is 2.26. The van der Waals surface area contributed by atoms with Crippen molar-refractivity contribution in [1.29, 1.82) is 0 Å². The molecule has 5 heteroatoms. The average Bonchev–Trinajstić information content (AvgIpc) is 2.28. The van der Waals surface area contributed by atoms with E-state index in [4.69, 9.17) is 4.74 Å². The summed E-state index contributed by atoms with van der Waals surface area (Å²) >= 11 is 0. The first-order valence-electron chi connectivity index (χ1n) is 5.42. The van der Waals surface area contributed by atoms with E-state index in [1.54, 1.807) is 25.3 Å². The zero-order valence-corrected chi connectivity index (χ0v) is 9.95. The number of methoxy groups -OCH3 is 1. The van der Waals surface area contributed by atoms with Gasteiger partial charge in [0.15, 0.2) is 0 Å². The second-order valence-electron chi connectivity index (χ2n) is 3.70. The van der Waals surface area contributed by atoms with Gasteiger partial charge >= 0.3 is 6.61 Å². The number of hydrogen-bond donors (Lipinski definition) is 1. The van der Waals surface area contributed by atoms with E-state index < -0.39 is 6.61 Å². The lowest BCUT2D eigenvalue weighted by Crippen LogP contribution is -2.18. The fourth-order valence-corrected chi connectivity index (χ4v) is 1.42. The Bertz CT molecular complexity index is 334. The Morgan fingerprint density at radius 3 is 2.65 bits per heavy atom. The van der Waals surface area contributed by atoms with E-state index in [-0.39, 0.29) is 11.8 Å². The van der Waals surface area contributed by atoms with Gasteiger partial charge in [0.05, 0.1) is 5.69 Å². The van der Waals surface area contributed by atoms with Crippen LogP contribution < -0.4 is 10.1 Å². The maximum absolute atomic E-state index is 12.2. The second-order valence-corrected chi connectivity index (χ2v) is 3.70.